The summed E-state index contributed by atoms with van der Waals surface area (Å²) in [6.45, 7) is 8.34. The first-order chi connectivity index (χ1) is 55.6. The van der Waals surface area contributed by atoms with Crippen LogP contribution < -0.4 is 54.4 Å². The molecular formula is C77H70F2N14O15S8. The topological polar surface area (TPSA) is 404 Å². The standard InChI is InChI=1S/C21H19FN4O4S2.C21H18N4O4S2.C18H16FN3O3S2.C17H17N3O4S2/c1-11(2)14-9-13(22)10-15(12-4-6-23-17(8-12)30-3)18(14)24-21(28)26-32(29)16-5-7-31-19(16)20(27)25-32;1-29-17-11-13(7-9-22-17)15-6-5-12-3-2-4-14(12)18(15)23-21(27)25-31(28)16-8-10-30-19(16)20(26)24-31;19-14-9-3-1-5-11(9)15(12-6-2-4-10(12)14)20-18(24)22-27(25)13-7-8-26-16(13)17(23)21-27;1-9(2)10-3-4-12-11(5-7-24-12)14(10)18-17(22)20-26(23)13-6-8-25-15(13)16(21)19-26/h4-11H,1-3H3,(H2,24,25,26,27,28,29);5-11H,2-4H2,1H3,(H2,23,24,25,26,27,28);7-8H,1-6H2,(H2,20,21,22,23,24,25);3-4,6,8-9H,5,7H2,1-2H3,(H2,18,19,20,21,22,23). The van der Waals surface area contributed by atoms with Gasteiger partial charge in [-0.2, -0.15) is 0 Å². The molecule has 4 unspecified atom stereocenters. The third-order valence-electron chi connectivity index (χ3n) is 19.9. The molecule has 0 radical (unpaired) electrons. The summed E-state index contributed by atoms with van der Waals surface area (Å²) < 4.78 is 122. The molecule has 4 aromatic carbocycles. The number of carbonyl (C=O) groups is 8. The molecule has 10 aromatic rings. The number of ether oxygens (including phenoxy) is 3. The second-order valence-corrected chi connectivity index (χ2v) is 38.8. The number of aromatic nitrogens is 2. The number of amides is 12. The second-order valence-electron chi connectivity index (χ2n) is 27.7. The van der Waals surface area contributed by atoms with Crippen LogP contribution in [0.5, 0.6) is 17.5 Å². The monoisotopic (exact) mass is 1720 g/mol. The Bertz CT molecular complexity index is 6390. The largest absolute Gasteiger partial charge is 0.493 e. The minimum atomic E-state index is -3.45. The van der Waals surface area contributed by atoms with Gasteiger partial charge in [-0.3, -0.25) is 19.2 Å². The number of benzene rings is 4. The van der Waals surface area contributed by atoms with Crippen molar-refractivity contribution in [1.82, 2.24) is 28.9 Å². The molecule has 0 fully saturated rings. The fourth-order valence-corrected chi connectivity index (χ4v) is 25.8. The van der Waals surface area contributed by atoms with Crippen LogP contribution >= 0.6 is 45.3 Å². The first kappa shape index (κ1) is 80.0. The molecule has 6 aromatic heterocycles. The van der Waals surface area contributed by atoms with Gasteiger partial charge in [0.15, 0.2) is 39.7 Å². The zero-order valence-electron chi connectivity index (χ0n) is 62.3. The highest BCUT2D eigenvalue weighted by Gasteiger charge is 2.39. The van der Waals surface area contributed by atoms with Gasteiger partial charge in [0.25, 0.3) is 23.6 Å². The summed E-state index contributed by atoms with van der Waals surface area (Å²) in [5, 5.41) is 17.8. The molecule has 11 heterocycles. The molecule has 0 bridgehead atoms. The van der Waals surface area contributed by atoms with Crippen molar-refractivity contribution in [2.45, 2.75) is 123 Å². The number of hydrogen-bond acceptors (Lipinski definition) is 21. The SMILES string of the molecule is CC(C)c1ccc2c(c1NC(=O)NS1(=O)=NC(=O)c3sccc31)CCO2.COc1cc(-c2cc(F)cc(C(C)C)c2NC(=O)NS2(=O)=NC(=O)c3sccc32)ccn1.COc1cc(-c2ccc3c(c2NC(=O)NS2(=O)=NC(=O)c4sccc42)CCC3)ccn1.O=C(Nc1c2c(c(F)c3c1CCC3)CCC2)NS1(=O)=NC(=O)c2sccc21. The Morgan fingerprint density at radius 3 is 1.28 bits per heavy atom. The van der Waals surface area contributed by atoms with Gasteiger partial charge in [-0.1, -0.05) is 45.9 Å². The number of hydrogen-bond donors (Lipinski definition) is 8. The first-order valence-electron chi connectivity index (χ1n) is 36.1. The summed E-state index contributed by atoms with van der Waals surface area (Å²) in [4.78, 5) is 109. The molecule has 18 rings (SSSR count). The summed E-state index contributed by atoms with van der Waals surface area (Å²) in [5.41, 5.74) is 12.6. The summed E-state index contributed by atoms with van der Waals surface area (Å²) >= 11 is 4.59. The Morgan fingerprint density at radius 2 is 0.836 bits per heavy atom. The van der Waals surface area contributed by atoms with Crippen LogP contribution in [0.4, 0.5) is 50.7 Å². The molecule has 4 atom stereocenters. The molecule has 8 N–H and O–H groups in total. The lowest BCUT2D eigenvalue weighted by Gasteiger charge is -2.19. The number of rotatable bonds is 14. The lowest BCUT2D eigenvalue weighted by molar-refractivity contribution is 0.100. The smallest absolute Gasteiger partial charge is 0.331 e. The van der Waals surface area contributed by atoms with Gasteiger partial charge in [-0.25, -0.2) is 73.7 Å². The number of halogens is 2. The Balaban J connectivity index is 0.000000122. The quantitative estimate of drug-likeness (QED) is 0.0501. The van der Waals surface area contributed by atoms with Crippen LogP contribution in [0.15, 0.2) is 156 Å². The number of aryl methyl sites for hydroxylation is 1. The van der Waals surface area contributed by atoms with E-state index in [0.717, 1.165) is 111 Å². The van der Waals surface area contributed by atoms with Gasteiger partial charge in [0.1, 0.15) is 36.9 Å². The molecule has 8 aliphatic rings. The second kappa shape index (κ2) is 32.1. The molecule has 39 heteroatoms. The van der Waals surface area contributed by atoms with E-state index in [1.807, 2.05) is 52.0 Å². The number of thiophene rings is 4. The average Bonchev–Trinajstić information content (AvgIpc) is 1.60. The Labute approximate surface area is 680 Å². The van der Waals surface area contributed by atoms with Crippen LogP contribution in [0.3, 0.4) is 0 Å². The number of nitrogens with zero attached hydrogens (tertiary/aromatic N) is 6. The van der Waals surface area contributed by atoms with Crippen molar-refractivity contribution in [3.8, 4) is 39.8 Å². The van der Waals surface area contributed by atoms with Crippen LogP contribution in [0.2, 0.25) is 0 Å². The van der Waals surface area contributed by atoms with E-state index in [1.165, 1.54) is 48.4 Å². The van der Waals surface area contributed by atoms with Crippen LogP contribution in [-0.2, 0) is 84.6 Å². The molecule has 0 spiro atoms. The van der Waals surface area contributed by atoms with Crippen molar-refractivity contribution in [2.24, 2.45) is 17.5 Å². The third-order valence-corrected chi connectivity index (χ3v) is 31.3. The molecule has 600 valence electrons. The van der Waals surface area contributed by atoms with Crippen molar-refractivity contribution >= 4 is 156 Å². The Morgan fingerprint density at radius 1 is 0.431 bits per heavy atom. The number of carbonyl (C=O) groups excluding carboxylic acids is 8. The number of pyridine rings is 2. The normalized spacial score (nSPS) is 19.5. The van der Waals surface area contributed by atoms with E-state index in [0.29, 0.717) is 116 Å². The molecule has 5 aliphatic heterocycles. The molecule has 0 saturated heterocycles. The van der Waals surface area contributed by atoms with E-state index in [-0.39, 0.29) is 42.1 Å². The van der Waals surface area contributed by atoms with Gasteiger partial charge in [0.05, 0.1) is 57.5 Å². The Kier molecular flexibility index (Phi) is 22.2. The molecule has 0 saturated carbocycles. The zero-order chi connectivity index (χ0) is 81.9. The summed E-state index contributed by atoms with van der Waals surface area (Å²) in [5.74, 6) is -1.35. The highest BCUT2D eigenvalue weighted by Crippen LogP contribution is 2.45. The third kappa shape index (κ3) is 15.4. The highest BCUT2D eigenvalue weighted by molar-refractivity contribution is 7.94. The van der Waals surface area contributed by atoms with Crippen molar-refractivity contribution in [2.75, 3.05) is 42.1 Å². The van der Waals surface area contributed by atoms with Crippen LogP contribution in [-0.4, -0.2) is 95.4 Å². The van der Waals surface area contributed by atoms with Crippen LogP contribution in [0, 0.1) is 11.6 Å². The van der Waals surface area contributed by atoms with Gasteiger partial charge >= 0.3 is 24.1 Å². The maximum Gasteiger partial charge on any atom is 0.331 e. The number of urea groups is 4. The fourth-order valence-electron chi connectivity index (χ4n) is 14.7. The molecule has 29 nitrogen and oxygen atoms in total. The van der Waals surface area contributed by atoms with E-state index in [9.17, 15) is 64.0 Å². The van der Waals surface area contributed by atoms with Crippen LogP contribution in [0.1, 0.15) is 148 Å². The minimum Gasteiger partial charge on any atom is -0.493 e. The summed E-state index contributed by atoms with van der Waals surface area (Å²) in [6.07, 6.45) is 11.1. The van der Waals surface area contributed by atoms with Crippen LogP contribution in [0.25, 0.3) is 22.3 Å². The Hall–Kier alpha value is -11.2. The predicted molar refractivity (Wildman–Crippen MR) is 437 cm³/mol. The van der Waals surface area contributed by atoms with E-state index in [1.54, 1.807) is 71.2 Å². The molecule has 116 heavy (non-hydrogen) atoms. The van der Waals surface area contributed by atoms with Gasteiger partial charge in [0, 0.05) is 53.3 Å². The maximum atomic E-state index is 14.7. The van der Waals surface area contributed by atoms with Gasteiger partial charge < -0.3 is 35.5 Å². The molecular weight excluding hydrogens is 1660 g/mol. The van der Waals surface area contributed by atoms with Gasteiger partial charge in [-0.15, -0.1) is 62.8 Å². The highest BCUT2D eigenvalue weighted by atomic mass is 32.2. The molecule has 3 aliphatic carbocycles. The number of nitrogens with one attached hydrogen (secondary N) is 8. The van der Waals surface area contributed by atoms with Crippen molar-refractivity contribution in [3.05, 3.63) is 200 Å². The zero-order valence-corrected chi connectivity index (χ0v) is 68.8. The molecule has 12 amide bonds. The van der Waals surface area contributed by atoms with Crippen molar-refractivity contribution in [1.29, 1.82) is 0 Å². The summed E-state index contributed by atoms with van der Waals surface area (Å²) in [6, 6.07) is 20.7. The van der Waals surface area contributed by atoms with Crippen molar-refractivity contribution < 1.29 is 78.2 Å². The van der Waals surface area contributed by atoms with E-state index in [4.69, 9.17) is 14.2 Å². The van der Waals surface area contributed by atoms with Gasteiger partial charge in [0.2, 0.25) is 11.8 Å². The number of fused-ring (bicyclic) bond motifs is 8. The first-order valence-corrected chi connectivity index (χ1v) is 45.7. The lowest BCUT2D eigenvalue weighted by atomic mass is 9.94. The average molecular weight is 1730 g/mol. The number of anilines is 4. The van der Waals surface area contributed by atoms with E-state index in [2.05, 4.69) is 73.6 Å². The van der Waals surface area contributed by atoms with E-state index < -0.39 is 93.2 Å². The predicted octanol–water partition coefficient (Wildman–Crippen LogP) is 15.9. The van der Waals surface area contributed by atoms with Gasteiger partial charge in [-0.05, 0) is 201 Å². The van der Waals surface area contributed by atoms with Crippen molar-refractivity contribution in [3.63, 3.8) is 0 Å². The summed E-state index contributed by atoms with van der Waals surface area (Å²) in [7, 11) is -10.4. The van der Waals surface area contributed by atoms with E-state index >= 15 is 0 Å². The maximum absolute atomic E-state index is 14.7. The fraction of sp³-hybridized carbons (Fsp3) is 0.247. The number of methoxy groups -OCH3 is 2. The minimum absolute atomic E-state index is 0.119. The lowest BCUT2D eigenvalue weighted by Crippen LogP contribution is -2.34.